The molecular weight excluding hydrogens is 206 g/mol. The lowest BCUT2D eigenvalue weighted by molar-refractivity contribution is -0.120. The molecule has 16 heavy (non-hydrogen) atoms. The molecule has 5 nitrogen and oxygen atoms in total. The number of methoxy groups -OCH3 is 1. The van der Waals surface area contributed by atoms with Crippen LogP contribution in [0.1, 0.15) is 19.8 Å². The molecule has 0 aromatic heterocycles. The zero-order valence-electron chi connectivity index (χ0n) is 10.2. The molecule has 1 amide bonds. The summed E-state index contributed by atoms with van der Waals surface area (Å²) in [5.41, 5.74) is 5.36. The van der Waals surface area contributed by atoms with Crippen molar-refractivity contribution in [2.24, 2.45) is 5.73 Å². The Morgan fingerprint density at radius 3 is 2.94 bits per heavy atom. The van der Waals surface area contributed by atoms with Gasteiger partial charge in [0, 0.05) is 26.7 Å². The molecule has 0 bridgehead atoms. The van der Waals surface area contributed by atoms with Crippen LogP contribution in [0.25, 0.3) is 0 Å². The molecule has 2 unspecified atom stereocenters. The van der Waals surface area contributed by atoms with E-state index in [2.05, 4.69) is 17.1 Å². The number of hydrogen-bond donors (Lipinski definition) is 2. The molecule has 1 rings (SSSR count). The van der Waals surface area contributed by atoms with Gasteiger partial charge in [-0.25, -0.2) is 0 Å². The Labute approximate surface area is 97.3 Å². The van der Waals surface area contributed by atoms with E-state index in [1.165, 1.54) is 0 Å². The van der Waals surface area contributed by atoms with E-state index in [1.807, 2.05) is 0 Å². The largest absolute Gasteiger partial charge is 0.380 e. The number of carbonyl (C=O) groups is 1. The first-order chi connectivity index (χ1) is 7.67. The van der Waals surface area contributed by atoms with Crippen LogP contribution in [-0.4, -0.2) is 56.2 Å². The van der Waals surface area contributed by atoms with Gasteiger partial charge in [-0.3, -0.25) is 9.69 Å². The van der Waals surface area contributed by atoms with Gasteiger partial charge in [-0.2, -0.15) is 0 Å². The Morgan fingerprint density at radius 1 is 1.69 bits per heavy atom. The number of nitrogens with two attached hydrogens (primary N) is 1. The number of carbonyl (C=O) groups excluding carboxylic acids is 1. The Morgan fingerprint density at radius 2 is 2.44 bits per heavy atom. The Bertz CT molecular complexity index is 223. The van der Waals surface area contributed by atoms with Crippen LogP contribution in [0.3, 0.4) is 0 Å². The predicted octanol–water partition coefficient (Wildman–Crippen LogP) is -0.439. The lowest BCUT2D eigenvalue weighted by Gasteiger charge is -2.22. The molecule has 94 valence electrons. The fraction of sp³-hybridized carbons (Fsp3) is 0.909. The zero-order valence-corrected chi connectivity index (χ0v) is 10.2. The molecule has 0 radical (unpaired) electrons. The third-order valence-electron chi connectivity index (χ3n) is 2.99. The molecule has 1 saturated heterocycles. The molecule has 1 heterocycles. The molecular formula is C11H23N3O2. The fourth-order valence-electron chi connectivity index (χ4n) is 1.99. The number of nitrogens with zero attached hydrogens (tertiary/aromatic N) is 1. The molecule has 3 N–H and O–H groups in total. The number of amides is 1. The summed E-state index contributed by atoms with van der Waals surface area (Å²) in [6, 6.07) is -0.240. The lowest BCUT2D eigenvalue weighted by atomic mass is 10.2. The second-order valence-electron chi connectivity index (χ2n) is 4.32. The highest BCUT2D eigenvalue weighted by atomic mass is 16.5. The first-order valence-electron chi connectivity index (χ1n) is 5.95. The van der Waals surface area contributed by atoms with Gasteiger partial charge < -0.3 is 15.8 Å². The number of nitrogens with one attached hydrogen (secondary N) is 1. The van der Waals surface area contributed by atoms with Crippen molar-refractivity contribution in [3.8, 4) is 0 Å². The van der Waals surface area contributed by atoms with E-state index >= 15 is 0 Å². The van der Waals surface area contributed by atoms with Crippen LogP contribution in [0.5, 0.6) is 0 Å². The van der Waals surface area contributed by atoms with E-state index in [0.717, 1.165) is 32.5 Å². The summed E-state index contributed by atoms with van der Waals surface area (Å²) < 4.78 is 5.29. The maximum Gasteiger partial charge on any atom is 0.235 e. The van der Waals surface area contributed by atoms with Gasteiger partial charge in [0.05, 0.1) is 12.1 Å². The number of primary amides is 1. The number of ether oxygens (including phenoxy) is 1. The number of likely N-dealkylation sites (tertiary alicyclic amines) is 1. The summed E-state index contributed by atoms with van der Waals surface area (Å²) in [6.07, 6.45) is 2.35. The van der Waals surface area contributed by atoms with Crippen molar-refractivity contribution in [1.29, 1.82) is 0 Å². The smallest absolute Gasteiger partial charge is 0.235 e. The van der Waals surface area contributed by atoms with Crippen molar-refractivity contribution in [1.82, 2.24) is 10.2 Å². The minimum absolute atomic E-state index is 0.240. The molecule has 0 aliphatic carbocycles. The van der Waals surface area contributed by atoms with Crippen LogP contribution in [-0.2, 0) is 9.53 Å². The summed E-state index contributed by atoms with van der Waals surface area (Å²) in [6.45, 7) is 5.47. The number of rotatable bonds is 7. The van der Waals surface area contributed by atoms with Gasteiger partial charge in [0.1, 0.15) is 0 Å². The standard InChI is InChI=1S/C11H23N3O2/c1-3-5-13-10(11(12)15)8-14-6-4-9(7-14)16-2/h9-10,13H,3-8H2,1-2H3,(H2,12,15). The Balaban J connectivity index is 2.34. The van der Waals surface area contributed by atoms with Crippen LogP contribution in [0.4, 0.5) is 0 Å². The summed E-state index contributed by atoms with van der Waals surface area (Å²) in [7, 11) is 1.73. The maximum absolute atomic E-state index is 11.2. The summed E-state index contributed by atoms with van der Waals surface area (Å²) in [5, 5.41) is 3.17. The highest BCUT2D eigenvalue weighted by Gasteiger charge is 2.26. The van der Waals surface area contributed by atoms with Gasteiger partial charge >= 0.3 is 0 Å². The van der Waals surface area contributed by atoms with Crippen molar-refractivity contribution >= 4 is 5.91 Å². The van der Waals surface area contributed by atoms with Crippen molar-refractivity contribution in [2.75, 3.05) is 33.3 Å². The van der Waals surface area contributed by atoms with Gasteiger partial charge in [-0.15, -0.1) is 0 Å². The van der Waals surface area contributed by atoms with Crippen molar-refractivity contribution in [3.63, 3.8) is 0 Å². The Kier molecular flexibility index (Phi) is 5.73. The quantitative estimate of drug-likeness (QED) is 0.621. The molecule has 1 aliphatic rings. The van der Waals surface area contributed by atoms with E-state index in [0.29, 0.717) is 12.6 Å². The topological polar surface area (TPSA) is 67.6 Å². The first-order valence-corrected chi connectivity index (χ1v) is 5.95. The lowest BCUT2D eigenvalue weighted by Crippen LogP contribution is -2.49. The third kappa shape index (κ3) is 4.08. The second-order valence-corrected chi connectivity index (χ2v) is 4.32. The van der Waals surface area contributed by atoms with Gasteiger partial charge in [0.25, 0.3) is 0 Å². The first kappa shape index (κ1) is 13.4. The summed E-state index contributed by atoms with van der Waals surface area (Å²) in [5.74, 6) is -0.269. The fourth-order valence-corrected chi connectivity index (χ4v) is 1.99. The average molecular weight is 229 g/mol. The molecule has 0 aromatic rings. The molecule has 5 heteroatoms. The average Bonchev–Trinajstić information content (AvgIpc) is 2.71. The Hall–Kier alpha value is -0.650. The van der Waals surface area contributed by atoms with Crippen molar-refractivity contribution < 1.29 is 9.53 Å². The van der Waals surface area contributed by atoms with Crippen LogP contribution < -0.4 is 11.1 Å². The van der Waals surface area contributed by atoms with E-state index in [4.69, 9.17) is 10.5 Å². The van der Waals surface area contributed by atoms with E-state index in [1.54, 1.807) is 7.11 Å². The molecule has 0 spiro atoms. The van der Waals surface area contributed by atoms with Crippen molar-refractivity contribution in [3.05, 3.63) is 0 Å². The minimum atomic E-state index is -0.269. The van der Waals surface area contributed by atoms with Crippen LogP contribution in [0.2, 0.25) is 0 Å². The predicted molar refractivity (Wildman–Crippen MR) is 63.1 cm³/mol. The third-order valence-corrected chi connectivity index (χ3v) is 2.99. The molecule has 2 atom stereocenters. The van der Waals surface area contributed by atoms with E-state index < -0.39 is 0 Å². The van der Waals surface area contributed by atoms with Gasteiger partial charge in [-0.1, -0.05) is 6.92 Å². The summed E-state index contributed by atoms with van der Waals surface area (Å²) in [4.78, 5) is 13.5. The van der Waals surface area contributed by atoms with Crippen LogP contribution >= 0.6 is 0 Å². The van der Waals surface area contributed by atoms with Gasteiger partial charge in [-0.05, 0) is 19.4 Å². The van der Waals surface area contributed by atoms with Crippen LogP contribution in [0, 0.1) is 0 Å². The van der Waals surface area contributed by atoms with Gasteiger partial charge in [0.2, 0.25) is 5.91 Å². The maximum atomic E-state index is 11.2. The second kappa shape index (κ2) is 6.83. The minimum Gasteiger partial charge on any atom is -0.380 e. The monoisotopic (exact) mass is 229 g/mol. The molecule has 0 saturated carbocycles. The SMILES string of the molecule is CCCNC(CN1CCC(OC)C1)C(N)=O. The highest BCUT2D eigenvalue weighted by molar-refractivity contribution is 5.80. The number of hydrogen-bond acceptors (Lipinski definition) is 4. The highest BCUT2D eigenvalue weighted by Crippen LogP contribution is 2.11. The van der Waals surface area contributed by atoms with Crippen LogP contribution in [0.15, 0.2) is 0 Å². The molecule has 1 aliphatic heterocycles. The summed E-state index contributed by atoms with van der Waals surface area (Å²) >= 11 is 0. The van der Waals surface area contributed by atoms with Gasteiger partial charge in [0.15, 0.2) is 0 Å². The zero-order chi connectivity index (χ0) is 12.0. The van der Waals surface area contributed by atoms with E-state index in [9.17, 15) is 4.79 Å². The normalized spacial score (nSPS) is 23.5. The van der Waals surface area contributed by atoms with E-state index in [-0.39, 0.29) is 11.9 Å². The molecule has 1 fully saturated rings. The molecule has 0 aromatic carbocycles. The van der Waals surface area contributed by atoms with Crippen molar-refractivity contribution in [2.45, 2.75) is 31.9 Å².